The number of rotatable bonds is 8. The summed E-state index contributed by atoms with van der Waals surface area (Å²) in [5.74, 6) is 1.85. The summed E-state index contributed by atoms with van der Waals surface area (Å²) in [6.07, 6.45) is 6.16. The van der Waals surface area contributed by atoms with E-state index in [1.165, 1.54) is 5.57 Å². The third-order valence-corrected chi connectivity index (χ3v) is 10.3. The lowest BCUT2D eigenvalue weighted by Gasteiger charge is -2.29. The molecule has 1 N–H and O–H groups in total. The van der Waals surface area contributed by atoms with Crippen molar-refractivity contribution in [2.75, 3.05) is 58.4 Å². The zero-order valence-corrected chi connectivity index (χ0v) is 28.4. The van der Waals surface area contributed by atoms with Crippen LogP contribution in [0.5, 0.6) is 11.6 Å². The number of methoxy groups -OCH3 is 2. The minimum Gasteiger partial charge on any atom is -0.491 e. The first kappa shape index (κ1) is 31.7. The van der Waals surface area contributed by atoms with Gasteiger partial charge in [-0.05, 0) is 67.3 Å². The summed E-state index contributed by atoms with van der Waals surface area (Å²) in [6, 6.07) is 17.8. The highest BCUT2D eigenvalue weighted by Crippen LogP contribution is 2.43. The van der Waals surface area contributed by atoms with Crippen molar-refractivity contribution >= 4 is 34.0 Å². The zero-order valence-electron chi connectivity index (χ0n) is 28.4. The van der Waals surface area contributed by atoms with Gasteiger partial charge in [0.2, 0.25) is 11.8 Å². The molecule has 2 amide bonds. The number of hydrogen-bond acceptors (Lipinski definition) is 9. The molecule has 0 saturated carbocycles. The number of fused-ring (bicyclic) bond motifs is 1. The third kappa shape index (κ3) is 5.66. The van der Waals surface area contributed by atoms with E-state index in [-0.39, 0.29) is 11.8 Å². The number of carbonyl (C=O) groups excluding carboxylic acids is 2. The van der Waals surface area contributed by atoms with Gasteiger partial charge in [0.15, 0.2) is 11.6 Å². The number of aryl methyl sites for hydroxylation is 1. The number of anilines is 1. The molecule has 13 heteroatoms. The van der Waals surface area contributed by atoms with Gasteiger partial charge < -0.3 is 19.3 Å². The van der Waals surface area contributed by atoms with E-state index in [2.05, 4.69) is 48.4 Å². The van der Waals surface area contributed by atoms with Crippen LogP contribution < -0.4 is 14.4 Å². The summed E-state index contributed by atoms with van der Waals surface area (Å²) in [6.45, 7) is 3.54. The van der Waals surface area contributed by atoms with Crippen LogP contribution >= 0.6 is 0 Å². The number of ether oxygens (including phenoxy) is 2. The smallest absolute Gasteiger partial charge is 0.257 e. The first-order valence-corrected chi connectivity index (χ1v) is 16.9. The van der Waals surface area contributed by atoms with Gasteiger partial charge in [-0.1, -0.05) is 30.3 Å². The number of carbonyl (C=O) groups is 2. The maximum absolute atomic E-state index is 14.0. The van der Waals surface area contributed by atoms with Crippen molar-refractivity contribution in [2.24, 2.45) is 12.5 Å². The average Bonchev–Trinajstić information content (AvgIpc) is 3.95. The number of hydrogen-bond donors (Lipinski definition) is 1. The number of aromatic amines is 1. The molecular weight excluding hydrogens is 634 g/mol. The highest BCUT2D eigenvalue weighted by molar-refractivity contribution is 6.03. The van der Waals surface area contributed by atoms with Crippen LogP contribution in [-0.2, 0) is 16.6 Å². The Balaban J connectivity index is 0.902. The molecule has 3 aliphatic rings. The van der Waals surface area contributed by atoms with Crippen molar-refractivity contribution in [3.63, 3.8) is 0 Å². The Hall–Kier alpha value is -5.56. The first-order valence-electron chi connectivity index (χ1n) is 16.9. The van der Waals surface area contributed by atoms with Gasteiger partial charge in [-0.3, -0.25) is 24.3 Å². The normalized spacial score (nSPS) is 19.5. The minimum atomic E-state index is -0.481. The molecule has 5 aromatic rings. The van der Waals surface area contributed by atoms with Crippen LogP contribution in [0.2, 0.25) is 0 Å². The minimum absolute atomic E-state index is 0.109. The number of benzene rings is 2. The number of nitrogens with one attached hydrogen (secondary N) is 1. The molecule has 2 saturated heterocycles. The van der Waals surface area contributed by atoms with E-state index in [0.717, 1.165) is 53.5 Å². The van der Waals surface area contributed by atoms with Crippen molar-refractivity contribution < 1.29 is 19.1 Å². The molecule has 2 aromatic carbocycles. The molecule has 50 heavy (non-hydrogen) atoms. The van der Waals surface area contributed by atoms with Crippen molar-refractivity contribution in [1.29, 1.82) is 0 Å². The summed E-state index contributed by atoms with van der Waals surface area (Å²) >= 11 is 0. The predicted molar refractivity (Wildman–Crippen MR) is 189 cm³/mol. The van der Waals surface area contributed by atoms with E-state index in [1.54, 1.807) is 31.3 Å². The van der Waals surface area contributed by atoms with Gasteiger partial charge in [0.1, 0.15) is 12.0 Å². The SMILES string of the molecule is COc1ccc(-c2n[nH]c3ccc(N4CC[C@]5(CCN(CC(=O)N6CC=C(c7ccc(-c8ncn(C)n8)cc7)CC6)C5)C4=O)cc23)nc1OC. The maximum atomic E-state index is 14.0. The quantitative estimate of drug-likeness (QED) is 0.258. The molecule has 1 atom stereocenters. The summed E-state index contributed by atoms with van der Waals surface area (Å²) in [7, 11) is 4.98. The molecule has 2 fully saturated rings. The molecule has 0 aliphatic carbocycles. The standard InChI is InChI=1S/C37H39N9O4/c1-43-23-38-34(42-43)26-6-4-24(5-7-26)25-12-16-45(17-13-25)32(47)21-44-18-14-37(22-44)15-19-46(36(37)48)27-8-9-29-28(20-27)33(41-40-29)30-10-11-31(49-2)35(39-30)50-3/h4-12,20,23H,13-19,21-22H2,1-3H3,(H,40,41)/t37-/m0/s1. The Kier molecular flexibility index (Phi) is 8.06. The Morgan fingerprint density at radius 2 is 1.80 bits per heavy atom. The lowest BCUT2D eigenvalue weighted by molar-refractivity contribution is -0.132. The van der Waals surface area contributed by atoms with Gasteiger partial charge in [-0.25, -0.2) is 9.97 Å². The van der Waals surface area contributed by atoms with Gasteiger partial charge in [0.05, 0.1) is 37.4 Å². The summed E-state index contributed by atoms with van der Waals surface area (Å²) in [4.78, 5) is 42.4. The van der Waals surface area contributed by atoms with Gasteiger partial charge >= 0.3 is 0 Å². The molecular formula is C37H39N9O4. The van der Waals surface area contributed by atoms with Crippen LogP contribution in [0.4, 0.5) is 5.69 Å². The maximum Gasteiger partial charge on any atom is 0.257 e. The second-order valence-corrected chi connectivity index (χ2v) is 13.3. The average molecular weight is 674 g/mol. The predicted octanol–water partition coefficient (Wildman–Crippen LogP) is 4.18. The van der Waals surface area contributed by atoms with E-state index < -0.39 is 5.41 Å². The van der Waals surface area contributed by atoms with Crippen LogP contribution in [0.15, 0.2) is 67.0 Å². The lowest BCUT2D eigenvalue weighted by atomic mass is 9.85. The topological polar surface area (TPSA) is 135 Å². The largest absolute Gasteiger partial charge is 0.491 e. The van der Waals surface area contributed by atoms with E-state index in [1.807, 2.05) is 53.2 Å². The monoisotopic (exact) mass is 673 g/mol. The summed E-state index contributed by atoms with van der Waals surface area (Å²) < 4.78 is 12.4. The molecule has 8 rings (SSSR count). The molecule has 1 spiro atoms. The number of pyridine rings is 1. The fourth-order valence-corrected chi connectivity index (χ4v) is 7.52. The van der Waals surface area contributed by atoms with Crippen molar-refractivity contribution in [3.8, 4) is 34.4 Å². The lowest BCUT2D eigenvalue weighted by Crippen LogP contribution is -2.43. The Bertz CT molecular complexity index is 2120. The van der Waals surface area contributed by atoms with Crippen LogP contribution in [0.25, 0.3) is 39.3 Å². The summed E-state index contributed by atoms with van der Waals surface area (Å²) in [5.41, 5.74) is 5.89. The van der Waals surface area contributed by atoms with Crippen molar-refractivity contribution in [3.05, 3.63) is 72.6 Å². The Labute approximate surface area is 289 Å². The van der Waals surface area contributed by atoms with E-state index in [0.29, 0.717) is 61.6 Å². The second-order valence-electron chi connectivity index (χ2n) is 13.3. The Morgan fingerprint density at radius 3 is 2.54 bits per heavy atom. The molecule has 6 heterocycles. The number of nitrogens with zero attached hydrogens (tertiary/aromatic N) is 8. The van der Waals surface area contributed by atoms with E-state index >= 15 is 0 Å². The molecule has 13 nitrogen and oxygen atoms in total. The second kappa shape index (κ2) is 12.7. The molecule has 0 unspecified atom stereocenters. The van der Waals surface area contributed by atoms with Gasteiger partial charge in [-0.2, -0.15) is 10.2 Å². The molecule has 0 bridgehead atoms. The van der Waals surface area contributed by atoms with Gasteiger partial charge in [0.25, 0.3) is 5.88 Å². The van der Waals surface area contributed by atoms with Crippen LogP contribution in [0.1, 0.15) is 24.8 Å². The summed E-state index contributed by atoms with van der Waals surface area (Å²) in [5, 5.41) is 12.9. The van der Waals surface area contributed by atoms with E-state index in [9.17, 15) is 9.59 Å². The number of likely N-dealkylation sites (tertiary alicyclic amines) is 1. The Morgan fingerprint density at radius 1 is 0.980 bits per heavy atom. The van der Waals surface area contributed by atoms with Crippen LogP contribution in [0, 0.1) is 5.41 Å². The molecule has 3 aromatic heterocycles. The number of amides is 2. The van der Waals surface area contributed by atoms with Gasteiger partial charge in [0, 0.05) is 49.9 Å². The highest BCUT2D eigenvalue weighted by Gasteiger charge is 2.51. The molecule has 3 aliphatic heterocycles. The van der Waals surface area contributed by atoms with Crippen molar-refractivity contribution in [2.45, 2.75) is 19.3 Å². The van der Waals surface area contributed by atoms with Crippen molar-refractivity contribution in [1.82, 2.24) is 39.7 Å². The first-order chi connectivity index (χ1) is 24.3. The fraction of sp³-hybridized carbons (Fsp3) is 0.351. The van der Waals surface area contributed by atoms with Crippen LogP contribution in [0.3, 0.4) is 0 Å². The van der Waals surface area contributed by atoms with Gasteiger partial charge in [-0.15, -0.1) is 0 Å². The molecule has 256 valence electrons. The molecule has 0 radical (unpaired) electrons. The highest BCUT2D eigenvalue weighted by atomic mass is 16.5. The third-order valence-electron chi connectivity index (χ3n) is 10.3. The van der Waals surface area contributed by atoms with Crippen LogP contribution in [-0.4, -0.2) is 105 Å². The number of aromatic nitrogens is 6. The number of H-pyrrole nitrogens is 1. The zero-order chi connectivity index (χ0) is 34.4. The van der Waals surface area contributed by atoms with E-state index in [4.69, 9.17) is 9.47 Å². The fourth-order valence-electron chi connectivity index (χ4n) is 7.52.